The standard InChI is InChI=1S/C21H25ClN2O2/c1-26-20-8-4-16(5-9-20)14-23-21(25)18-10-12-24(13-11-18)15-17-2-6-19(22)7-3-17/h2-9,18H,10-15H2,1H3,(H,23,25). The molecule has 2 aromatic carbocycles. The van der Waals surface area contributed by atoms with Crippen molar-refractivity contribution in [1.29, 1.82) is 0 Å². The van der Waals surface area contributed by atoms with E-state index in [4.69, 9.17) is 16.3 Å². The number of nitrogens with one attached hydrogen (secondary N) is 1. The lowest BCUT2D eigenvalue weighted by molar-refractivity contribution is -0.126. The molecule has 1 N–H and O–H groups in total. The van der Waals surface area contributed by atoms with E-state index >= 15 is 0 Å². The molecule has 0 spiro atoms. The molecule has 0 radical (unpaired) electrons. The van der Waals surface area contributed by atoms with Crippen molar-refractivity contribution < 1.29 is 9.53 Å². The molecule has 0 saturated carbocycles. The number of amides is 1. The van der Waals surface area contributed by atoms with Gasteiger partial charge in [0.1, 0.15) is 5.75 Å². The van der Waals surface area contributed by atoms with Crippen molar-refractivity contribution in [3.05, 3.63) is 64.7 Å². The summed E-state index contributed by atoms with van der Waals surface area (Å²) < 4.78 is 5.15. The fourth-order valence-corrected chi connectivity index (χ4v) is 3.40. The van der Waals surface area contributed by atoms with Gasteiger partial charge in [-0.15, -0.1) is 0 Å². The maximum atomic E-state index is 12.4. The van der Waals surface area contributed by atoms with E-state index in [9.17, 15) is 4.79 Å². The van der Waals surface area contributed by atoms with Gasteiger partial charge < -0.3 is 10.1 Å². The highest BCUT2D eigenvalue weighted by atomic mass is 35.5. The summed E-state index contributed by atoms with van der Waals surface area (Å²) in [4.78, 5) is 14.8. The molecule has 0 atom stereocenters. The van der Waals surface area contributed by atoms with E-state index in [1.165, 1.54) is 5.56 Å². The third-order valence-electron chi connectivity index (χ3n) is 4.90. The molecule has 2 aromatic rings. The maximum Gasteiger partial charge on any atom is 0.223 e. The number of carbonyl (C=O) groups is 1. The van der Waals surface area contributed by atoms with E-state index in [2.05, 4.69) is 22.3 Å². The molecule has 3 rings (SSSR count). The van der Waals surface area contributed by atoms with Gasteiger partial charge in [-0.25, -0.2) is 0 Å². The van der Waals surface area contributed by atoms with Crippen LogP contribution in [0, 0.1) is 5.92 Å². The van der Waals surface area contributed by atoms with Gasteiger partial charge in [-0.05, 0) is 61.3 Å². The molecule has 1 heterocycles. The molecular formula is C21H25ClN2O2. The van der Waals surface area contributed by atoms with E-state index in [0.717, 1.165) is 48.8 Å². The number of rotatable bonds is 6. The van der Waals surface area contributed by atoms with E-state index in [1.807, 2.05) is 36.4 Å². The van der Waals surface area contributed by atoms with Crippen molar-refractivity contribution in [1.82, 2.24) is 10.2 Å². The first-order valence-corrected chi connectivity index (χ1v) is 9.39. The number of likely N-dealkylation sites (tertiary alicyclic amines) is 1. The fourth-order valence-electron chi connectivity index (χ4n) is 3.28. The molecule has 1 saturated heterocycles. The fraction of sp³-hybridized carbons (Fsp3) is 0.381. The van der Waals surface area contributed by atoms with Crippen LogP contribution in [0.4, 0.5) is 0 Å². The van der Waals surface area contributed by atoms with Crippen LogP contribution >= 0.6 is 11.6 Å². The Balaban J connectivity index is 1.42. The van der Waals surface area contributed by atoms with E-state index in [-0.39, 0.29) is 11.8 Å². The van der Waals surface area contributed by atoms with Gasteiger partial charge in [0.25, 0.3) is 0 Å². The number of carbonyl (C=O) groups excluding carboxylic acids is 1. The zero-order valence-corrected chi connectivity index (χ0v) is 15.8. The average Bonchev–Trinajstić information content (AvgIpc) is 2.69. The molecule has 0 bridgehead atoms. The van der Waals surface area contributed by atoms with Crippen LogP contribution in [0.25, 0.3) is 0 Å². The van der Waals surface area contributed by atoms with Crippen molar-refractivity contribution in [2.75, 3.05) is 20.2 Å². The Hall–Kier alpha value is -2.04. The van der Waals surface area contributed by atoms with Crippen LogP contribution < -0.4 is 10.1 Å². The number of piperidine rings is 1. The van der Waals surface area contributed by atoms with Gasteiger partial charge in [-0.1, -0.05) is 35.9 Å². The number of nitrogens with zero attached hydrogens (tertiary/aromatic N) is 1. The zero-order chi connectivity index (χ0) is 18.4. The van der Waals surface area contributed by atoms with Crippen LogP contribution in [0.5, 0.6) is 5.75 Å². The largest absolute Gasteiger partial charge is 0.497 e. The van der Waals surface area contributed by atoms with Gasteiger partial charge in [-0.2, -0.15) is 0 Å². The zero-order valence-electron chi connectivity index (χ0n) is 15.1. The maximum absolute atomic E-state index is 12.4. The summed E-state index contributed by atoms with van der Waals surface area (Å²) in [6.07, 6.45) is 1.81. The number of ether oxygens (including phenoxy) is 1. The van der Waals surface area contributed by atoms with E-state index in [1.54, 1.807) is 7.11 Å². The molecule has 0 aromatic heterocycles. The second-order valence-corrected chi connectivity index (χ2v) is 7.18. The van der Waals surface area contributed by atoms with Gasteiger partial charge in [0, 0.05) is 24.0 Å². The summed E-state index contributed by atoms with van der Waals surface area (Å²) in [5, 5.41) is 3.83. The van der Waals surface area contributed by atoms with Gasteiger partial charge in [-0.3, -0.25) is 9.69 Å². The highest BCUT2D eigenvalue weighted by molar-refractivity contribution is 6.30. The summed E-state index contributed by atoms with van der Waals surface area (Å²) in [6.45, 7) is 3.37. The number of benzene rings is 2. The van der Waals surface area contributed by atoms with Gasteiger partial charge >= 0.3 is 0 Å². The number of methoxy groups -OCH3 is 1. The van der Waals surface area contributed by atoms with Crippen LogP contribution in [-0.2, 0) is 17.9 Å². The highest BCUT2D eigenvalue weighted by Gasteiger charge is 2.24. The van der Waals surface area contributed by atoms with Gasteiger partial charge in [0.05, 0.1) is 7.11 Å². The van der Waals surface area contributed by atoms with Gasteiger partial charge in [0.15, 0.2) is 0 Å². The van der Waals surface area contributed by atoms with Crippen LogP contribution in [0.15, 0.2) is 48.5 Å². The van der Waals surface area contributed by atoms with E-state index < -0.39 is 0 Å². The molecule has 4 nitrogen and oxygen atoms in total. The summed E-state index contributed by atoms with van der Waals surface area (Å²) in [5.41, 5.74) is 2.34. The first kappa shape index (κ1) is 18.7. The summed E-state index contributed by atoms with van der Waals surface area (Å²) in [7, 11) is 1.65. The van der Waals surface area contributed by atoms with Crippen molar-refractivity contribution in [3.63, 3.8) is 0 Å². The van der Waals surface area contributed by atoms with Crippen LogP contribution in [0.3, 0.4) is 0 Å². The third kappa shape index (κ3) is 5.23. The molecule has 138 valence electrons. The number of halogens is 1. The lowest BCUT2D eigenvalue weighted by Gasteiger charge is -2.31. The predicted molar refractivity (Wildman–Crippen MR) is 104 cm³/mol. The van der Waals surface area contributed by atoms with E-state index in [0.29, 0.717) is 6.54 Å². The third-order valence-corrected chi connectivity index (χ3v) is 5.16. The van der Waals surface area contributed by atoms with Gasteiger partial charge in [0.2, 0.25) is 5.91 Å². The molecular weight excluding hydrogens is 348 g/mol. The normalized spacial score (nSPS) is 15.6. The molecule has 1 fully saturated rings. The minimum Gasteiger partial charge on any atom is -0.497 e. The topological polar surface area (TPSA) is 41.6 Å². The van der Waals surface area contributed by atoms with Crippen LogP contribution in [0.2, 0.25) is 5.02 Å². The molecule has 26 heavy (non-hydrogen) atoms. The Labute approximate surface area is 160 Å². The van der Waals surface area contributed by atoms with Crippen molar-refractivity contribution >= 4 is 17.5 Å². The Bertz CT molecular complexity index is 708. The molecule has 0 aliphatic carbocycles. The number of hydrogen-bond donors (Lipinski definition) is 1. The molecule has 1 aliphatic heterocycles. The Kier molecular flexibility index (Phi) is 6.53. The monoisotopic (exact) mass is 372 g/mol. The molecule has 0 unspecified atom stereocenters. The lowest BCUT2D eigenvalue weighted by Crippen LogP contribution is -2.40. The Morgan fingerprint density at radius 3 is 2.31 bits per heavy atom. The Morgan fingerprint density at radius 1 is 1.08 bits per heavy atom. The summed E-state index contributed by atoms with van der Waals surface area (Å²) in [6, 6.07) is 15.8. The van der Waals surface area contributed by atoms with Crippen LogP contribution in [-0.4, -0.2) is 31.0 Å². The van der Waals surface area contributed by atoms with Crippen molar-refractivity contribution in [3.8, 4) is 5.75 Å². The Morgan fingerprint density at radius 2 is 1.69 bits per heavy atom. The lowest BCUT2D eigenvalue weighted by atomic mass is 9.95. The van der Waals surface area contributed by atoms with Crippen molar-refractivity contribution in [2.45, 2.75) is 25.9 Å². The second-order valence-electron chi connectivity index (χ2n) is 6.74. The molecule has 1 amide bonds. The first-order valence-electron chi connectivity index (χ1n) is 9.01. The average molecular weight is 373 g/mol. The quantitative estimate of drug-likeness (QED) is 0.836. The second kappa shape index (κ2) is 9.06. The molecule has 1 aliphatic rings. The minimum absolute atomic E-state index is 0.106. The highest BCUT2D eigenvalue weighted by Crippen LogP contribution is 2.20. The van der Waals surface area contributed by atoms with Crippen LogP contribution in [0.1, 0.15) is 24.0 Å². The molecule has 5 heteroatoms. The summed E-state index contributed by atoms with van der Waals surface area (Å²) >= 11 is 5.93. The predicted octanol–water partition coefficient (Wildman–Crippen LogP) is 3.88. The smallest absolute Gasteiger partial charge is 0.223 e. The van der Waals surface area contributed by atoms with Crippen molar-refractivity contribution in [2.24, 2.45) is 5.92 Å². The minimum atomic E-state index is 0.106. The summed E-state index contributed by atoms with van der Waals surface area (Å²) in [5.74, 6) is 1.09. The SMILES string of the molecule is COc1ccc(CNC(=O)C2CCN(Cc3ccc(Cl)cc3)CC2)cc1. The number of hydrogen-bond acceptors (Lipinski definition) is 3. The first-order chi connectivity index (χ1) is 12.6.